The summed E-state index contributed by atoms with van der Waals surface area (Å²) in [6.07, 6.45) is 1.11. The second-order valence-electron chi connectivity index (χ2n) is 19.5. The molecule has 0 saturated carbocycles. The molecule has 0 aromatic heterocycles. The zero-order valence-corrected chi connectivity index (χ0v) is 39.3. The van der Waals surface area contributed by atoms with E-state index in [0.29, 0.717) is 19.6 Å². The van der Waals surface area contributed by atoms with E-state index in [2.05, 4.69) is 160 Å². The maximum atomic E-state index is 13.3. The third-order valence-corrected chi connectivity index (χ3v) is 22.3. The van der Waals surface area contributed by atoms with Crippen LogP contribution in [0.15, 0.2) is 91.0 Å². The highest BCUT2D eigenvalue weighted by Gasteiger charge is 2.51. The molecular weight excluding hydrogens is 741 g/mol. The average Bonchev–Trinajstić information content (AvgIpc) is 3.58. The quantitative estimate of drug-likeness (QED) is 0.0832. The minimum atomic E-state index is -2.77. The summed E-state index contributed by atoms with van der Waals surface area (Å²) in [5.41, 5.74) is -0.603. The van der Waals surface area contributed by atoms with E-state index in [1.165, 1.54) is 10.4 Å². The molecule has 1 N–H and O–H groups in total. The van der Waals surface area contributed by atoms with Crippen molar-refractivity contribution in [3.8, 4) is 11.8 Å². The van der Waals surface area contributed by atoms with Gasteiger partial charge in [-0.25, -0.2) is 0 Å². The zero-order valence-electron chi connectivity index (χ0n) is 37.3. The van der Waals surface area contributed by atoms with Crippen molar-refractivity contribution in [2.24, 2.45) is 11.8 Å². The molecule has 3 aromatic carbocycles. The van der Waals surface area contributed by atoms with Crippen LogP contribution >= 0.6 is 0 Å². The molecular formula is C49H72O6Si2. The summed E-state index contributed by atoms with van der Waals surface area (Å²) >= 11 is 0. The molecule has 6 nitrogen and oxygen atoms in total. The van der Waals surface area contributed by atoms with Crippen molar-refractivity contribution < 1.29 is 28.2 Å². The van der Waals surface area contributed by atoms with Gasteiger partial charge in [0.1, 0.15) is 0 Å². The highest BCUT2D eigenvalue weighted by atomic mass is 28.4. The minimum absolute atomic E-state index is 0.0349. The number of hydrogen-bond acceptors (Lipinski definition) is 6. The van der Waals surface area contributed by atoms with Crippen LogP contribution in [0.1, 0.15) is 107 Å². The van der Waals surface area contributed by atoms with Crippen molar-refractivity contribution in [1.29, 1.82) is 0 Å². The zero-order chi connectivity index (χ0) is 42.3. The number of ether oxygens (including phenoxy) is 2. The lowest BCUT2D eigenvalue weighted by Gasteiger charge is -2.44. The Morgan fingerprint density at radius 3 is 1.89 bits per heavy atom. The standard InChI is InChI=1S/C49H72O6Si2/c1-37(29-30-41(50)31-33-48(10,51)44-32-34-49(11,54-44)39(3)55-56(12,13)46(4,5)6)45(52-36-40-23-17-14-18-24-40)38(2)35-53-57(47(7,8)9,42-25-19-15-20-26-42)43-27-21-16-22-28-43/h14-28,37-39,44-45,51H,31-36H2,1-13H3/t37-,38+,39+,44+,45-,48-,49-/m0/s1. The van der Waals surface area contributed by atoms with Crippen LogP contribution in [0.2, 0.25) is 23.2 Å². The minimum Gasteiger partial charge on any atom is -0.411 e. The maximum Gasteiger partial charge on any atom is 0.261 e. The molecule has 1 aliphatic heterocycles. The first-order chi connectivity index (χ1) is 26.5. The highest BCUT2D eigenvalue weighted by molar-refractivity contribution is 6.99. The highest BCUT2D eigenvalue weighted by Crippen LogP contribution is 2.44. The summed E-state index contributed by atoms with van der Waals surface area (Å²) in [5.74, 6) is 5.71. The van der Waals surface area contributed by atoms with Crippen LogP contribution in [0, 0.1) is 23.7 Å². The molecule has 4 rings (SSSR count). The fourth-order valence-electron chi connectivity index (χ4n) is 7.89. The first-order valence-electron chi connectivity index (χ1n) is 21.1. The molecule has 57 heavy (non-hydrogen) atoms. The summed E-state index contributed by atoms with van der Waals surface area (Å²) in [4.78, 5) is 13.3. The normalized spacial score (nSPS) is 21.1. The van der Waals surface area contributed by atoms with E-state index in [1.807, 2.05) is 25.1 Å². The van der Waals surface area contributed by atoms with Crippen LogP contribution in [0.3, 0.4) is 0 Å². The number of Topliss-reactive ketones (excluding diaryl/α,β-unsaturated/α-hetero) is 1. The summed E-state index contributed by atoms with van der Waals surface area (Å²) in [6, 6.07) is 31.5. The van der Waals surface area contributed by atoms with Gasteiger partial charge in [-0.3, -0.25) is 4.79 Å². The second-order valence-corrected chi connectivity index (χ2v) is 28.6. The molecule has 0 unspecified atom stereocenters. The van der Waals surface area contributed by atoms with E-state index < -0.39 is 27.8 Å². The van der Waals surface area contributed by atoms with Gasteiger partial charge in [-0.2, -0.15) is 0 Å². The molecule has 7 atom stereocenters. The van der Waals surface area contributed by atoms with Crippen LogP contribution in [-0.2, 0) is 29.7 Å². The molecule has 1 fully saturated rings. The van der Waals surface area contributed by atoms with Crippen LogP contribution in [-0.4, -0.2) is 63.6 Å². The number of ketones is 1. The molecule has 0 aliphatic carbocycles. The second kappa shape index (κ2) is 19.0. The molecule has 312 valence electrons. The SMILES string of the molecule is C[C@H](CO[Si](c1ccccc1)(c1ccccc1)C(C)(C)C)[C@@H](OCc1ccccc1)[C@@H](C)C#CC(=O)CC[C@](C)(O)[C@H]1CC[C@@](C)([C@@H](C)O[Si](C)(C)C(C)(C)C)O1. The summed E-state index contributed by atoms with van der Waals surface area (Å²) < 4.78 is 27.3. The van der Waals surface area contributed by atoms with Gasteiger partial charge in [0.05, 0.1) is 36.1 Å². The Morgan fingerprint density at radius 1 is 0.860 bits per heavy atom. The number of carbonyl (C=O) groups excluding carboxylic acids is 1. The van der Waals surface area contributed by atoms with Crippen LogP contribution in [0.25, 0.3) is 0 Å². The Hall–Kier alpha value is -2.88. The van der Waals surface area contributed by atoms with Crippen molar-refractivity contribution in [2.45, 2.75) is 161 Å². The van der Waals surface area contributed by atoms with Gasteiger partial charge in [0.15, 0.2) is 8.32 Å². The molecule has 1 heterocycles. The van der Waals surface area contributed by atoms with E-state index in [4.69, 9.17) is 18.3 Å². The van der Waals surface area contributed by atoms with E-state index in [0.717, 1.165) is 12.0 Å². The molecule has 0 spiro atoms. The predicted octanol–water partition coefficient (Wildman–Crippen LogP) is 9.87. The largest absolute Gasteiger partial charge is 0.411 e. The monoisotopic (exact) mass is 812 g/mol. The van der Waals surface area contributed by atoms with E-state index in [9.17, 15) is 9.90 Å². The van der Waals surface area contributed by atoms with Crippen LogP contribution in [0.4, 0.5) is 0 Å². The number of aliphatic hydroxyl groups is 1. The molecule has 0 radical (unpaired) electrons. The van der Waals surface area contributed by atoms with Gasteiger partial charge < -0.3 is 23.4 Å². The first-order valence-corrected chi connectivity index (χ1v) is 25.9. The molecule has 8 heteroatoms. The lowest BCUT2D eigenvalue weighted by atomic mass is 9.89. The van der Waals surface area contributed by atoms with Crippen molar-refractivity contribution in [3.63, 3.8) is 0 Å². The number of hydrogen-bond donors (Lipinski definition) is 1. The van der Waals surface area contributed by atoms with Crippen LogP contribution in [0.5, 0.6) is 0 Å². The van der Waals surface area contributed by atoms with E-state index in [1.54, 1.807) is 6.92 Å². The Labute approximate surface area is 347 Å². The van der Waals surface area contributed by atoms with Gasteiger partial charge in [0.25, 0.3) is 8.32 Å². The molecule has 1 saturated heterocycles. The molecule has 3 aromatic rings. The summed E-state index contributed by atoms with van der Waals surface area (Å²) in [6.45, 7) is 29.1. The van der Waals surface area contributed by atoms with Gasteiger partial charge in [-0.1, -0.05) is 145 Å². The fraction of sp³-hybridized carbons (Fsp3) is 0.571. The first kappa shape index (κ1) is 46.8. The van der Waals surface area contributed by atoms with E-state index >= 15 is 0 Å². The topological polar surface area (TPSA) is 74.2 Å². The molecule has 1 aliphatic rings. The Balaban J connectivity index is 1.48. The van der Waals surface area contributed by atoms with Gasteiger partial charge in [0, 0.05) is 24.9 Å². The summed E-state index contributed by atoms with van der Waals surface area (Å²) in [7, 11) is -4.78. The van der Waals surface area contributed by atoms with Gasteiger partial charge in [0.2, 0.25) is 5.78 Å². The maximum absolute atomic E-state index is 13.3. The molecule has 0 bridgehead atoms. The van der Waals surface area contributed by atoms with Gasteiger partial charge in [-0.15, -0.1) is 0 Å². The number of rotatable bonds is 17. The molecule has 0 amide bonds. The van der Waals surface area contributed by atoms with Crippen LogP contribution < -0.4 is 10.4 Å². The van der Waals surface area contributed by atoms with Gasteiger partial charge >= 0.3 is 0 Å². The van der Waals surface area contributed by atoms with Crippen molar-refractivity contribution in [3.05, 3.63) is 96.6 Å². The average molecular weight is 813 g/mol. The Morgan fingerprint density at radius 2 is 1.39 bits per heavy atom. The lowest BCUT2D eigenvalue weighted by molar-refractivity contribution is -0.154. The Bertz CT molecular complexity index is 1730. The smallest absolute Gasteiger partial charge is 0.261 e. The number of carbonyl (C=O) groups is 1. The fourth-order valence-corrected chi connectivity index (χ4v) is 14.0. The number of benzene rings is 3. The third-order valence-electron chi connectivity index (χ3n) is 12.8. The lowest BCUT2D eigenvalue weighted by Crippen LogP contribution is -2.67. The van der Waals surface area contributed by atoms with Crippen molar-refractivity contribution in [1.82, 2.24) is 0 Å². The Kier molecular flexibility index (Phi) is 15.6. The van der Waals surface area contributed by atoms with Crippen molar-refractivity contribution in [2.75, 3.05) is 6.61 Å². The third kappa shape index (κ3) is 11.7. The van der Waals surface area contributed by atoms with Gasteiger partial charge in [-0.05, 0) is 92.0 Å². The van der Waals surface area contributed by atoms with E-state index in [-0.39, 0.29) is 58.8 Å². The predicted molar refractivity (Wildman–Crippen MR) is 240 cm³/mol. The van der Waals surface area contributed by atoms with Crippen molar-refractivity contribution >= 4 is 32.8 Å². The summed E-state index contributed by atoms with van der Waals surface area (Å²) in [5, 5.41) is 14.0.